The van der Waals surface area contributed by atoms with Crippen LogP contribution in [0.25, 0.3) is 0 Å². The van der Waals surface area contributed by atoms with E-state index >= 15 is 0 Å². The van der Waals surface area contributed by atoms with E-state index in [1.165, 1.54) is 32.1 Å². The quantitative estimate of drug-likeness (QED) is 0.860. The van der Waals surface area contributed by atoms with Gasteiger partial charge < -0.3 is 9.84 Å². The molecule has 4 nitrogen and oxygen atoms in total. The van der Waals surface area contributed by atoms with E-state index in [9.17, 15) is 0 Å². The molecule has 2 unspecified atom stereocenters. The number of nitrogens with zero attached hydrogens (tertiary/aromatic N) is 2. The molecule has 0 bridgehead atoms. The number of hydrogen-bond acceptors (Lipinski definition) is 5. The van der Waals surface area contributed by atoms with Crippen LogP contribution in [0.1, 0.15) is 56.7 Å². The van der Waals surface area contributed by atoms with E-state index in [2.05, 4.69) is 28.6 Å². The van der Waals surface area contributed by atoms with Crippen LogP contribution in [0.15, 0.2) is 4.52 Å². The Balaban J connectivity index is 2.02. The molecule has 0 aliphatic heterocycles. The summed E-state index contributed by atoms with van der Waals surface area (Å²) in [5, 5.41) is 7.69. The Morgan fingerprint density at radius 1 is 1.39 bits per heavy atom. The van der Waals surface area contributed by atoms with Crippen LogP contribution in [0.4, 0.5) is 0 Å². The van der Waals surface area contributed by atoms with Gasteiger partial charge in [-0.25, -0.2) is 0 Å². The number of nitrogens with one attached hydrogen (secondary N) is 1. The Bertz CT molecular complexity index is 356. The predicted molar refractivity (Wildman–Crippen MR) is 74.8 cm³/mol. The molecule has 1 aromatic heterocycles. The zero-order chi connectivity index (χ0) is 12.8. The molecule has 0 amide bonds. The Hall–Kier alpha value is -0.550. The first-order chi connectivity index (χ1) is 8.85. The smallest absolute Gasteiger partial charge is 0.231 e. The molecule has 1 saturated carbocycles. The van der Waals surface area contributed by atoms with Crippen LogP contribution in [0, 0.1) is 0 Å². The highest BCUT2D eigenvalue weighted by Gasteiger charge is 2.30. The number of hydrogen-bond donors (Lipinski definition) is 1. The number of aromatic nitrogens is 2. The van der Waals surface area contributed by atoms with Crippen molar-refractivity contribution in [3.63, 3.8) is 0 Å². The summed E-state index contributed by atoms with van der Waals surface area (Å²) in [4.78, 5) is 4.54. The van der Waals surface area contributed by atoms with Gasteiger partial charge in [-0.1, -0.05) is 24.9 Å². The first-order valence-corrected chi connectivity index (χ1v) is 8.29. The minimum Gasteiger partial charge on any atom is -0.339 e. The van der Waals surface area contributed by atoms with Crippen molar-refractivity contribution in [2.45, 2.75) is 56.7 Å². The lowest BCUT2D eigenvalue weighted by Gasteiger charge is -2.29. The molecule has 0 aromatic carbocycles. The van der Waals surface area contributed by atoms with Crippen molar-refractivity contribution in [3.8, 4) is 0 Å². The van der Waals surface area contributed by atoms with Gasteiger partial charge >= 0.3 is 0 Å². The lowest BCUT2D eigenvalue weighted by Crippen LogP contribution is -2.37. The van der Waals surface area contributed by atoms with Gasteiger partial charge in [-0.2, -0.15) is 16.7 Å². The maximum Gasteiger partial charge on any atom is 0.231 e. The summed E-state index contributed by atoms with van der Waals surface area (Å²) in [6.07, 6.45) is 8.21. The third-order valence-electron chi connectivity index (χ3n) is 3.50. The molecule has 102 valence electrons. The fraction of sp³-hybridized carbons (Fsp3) is 0.846. The second-order valence-electron chi connectivity index (χ2n) is 4.93. The average Bonchev–Trinajstić information content (AvgIpc) is 2.86. The highest BCUT2D eigenvalue weighted by Crippen LogP contribution is 2.32. The molecule has 1 fully saturated rings. The third kappa shape index (κ3) is 3.48. The van der Waals surface area contributed by atoms with Gasteiger partial charge in [-0.15, -0.1) is 0 Å². The zero-order valence-corrected chi connectivity index (χ0v) is 12.1. The first kappa shape index (κ1) is 13.9. The molecule has 1 aromatic rings. The molecular formula is C13H23N3OS. The fourth-order valence-corrected chi connectivity index (χ4v) is 2.98. The van der Waals surface area contributed by atoms with Crippen molar-refractivity contribution in [3.05, 3.63) is 11.7 Å². The molecule has 0 spiro atoms. The summed E-state index contributed by atoms with van der Waals surface area (Å²) in [6.45, 7) is 3.28. The topological polar surface area (TPSA) is 51.0 Å². The van der Waals surface area contributed by atoms with E-state index in [4.69, 9.17) is 4.52 Å². The maximum atomic E-state index is 5.45. The molecule has 2 atom stereocenters. The monoisotopic (exact) mass is 269 g/mol. The minimum atomic E-state index is 0.411. The molecule has 0 saturated heterocycles. The first-order valence-electron chi connectivity index (χ1n) is 6.90. The van der Waals surface area contributed by atoms with Crippen LogP contribution in [0.3, 0.4) is 0 Å². The average molecular weight is 269 g/mol. The molecule has 18 heavy (non-hydrogen) atoms. The molecule has 2 rings (SSSR count). The van der Waals surface area contributed by atoms with Crippen molar-refractivity contribution < 1.29 is 4.52 Å². The van der Waals surface area contributed by atoms with Crippen molar-refractivity contribution in [1.82, 2.24) is 15.5 Å². The Morgan fingerprint density at radius 3 is 3.00 bits per heavy atom. The second-order valence-corrected chi connectivity index (χ2v) is 5.80. The highest BCUT2D eigenvalue weighted by atomic mass is 32.2. The van der Waals surface area contributed by atoms with Gasteiger partial charge in [0, 0.05) is 6.04 Å². The second kappa shape index (κ2) is 7.14. The summed E-state index contributed by atoms with van der Waals surface area (Å²) >= 11 is 1.73. The number of rotatable bonds is 6. The molecule has 0 radical (unpaired) electrons. The van der Waals surface area contributed by atoms with Crippen molar-refractivity contribution in [2.24, 2.45) is 0 Å². The minimum absolute atomic E-state index is 0.411. The molecular weight excluding hydrogens is 246 g/mol. The predicted octanol–water partition coefficient (Wildman–Crippen LogP) is 2.96. The van der Waals surface area contributed by atoms with Gasteiger partial charge in [0.1, 0.15) is 0 Å². The maximum absolute atomic E-state index is 5.45. The molecule has 1 heterocycles. The van der Waals surface area contributed by atoms with Gasteiger partial charge in [-0.05, 0) is 32.1 Å². The fourth-order valence-electron chi connectivity index (χ4n) is 2.61. The zero-order valence-electron chi connectivity index (χ0n) is 11.3. The van der Waals surface area contributed by atoms with E-state index in [1.54, 1.807) is 11.8 Å². The van der Waals surface area contributed by atoms with Crippen molar-refractivity contribution in [1.29, 1.82) is 0 Å². The van der Waals surface area contributed by atoms with E-state index < -0.39 is 0 Å². The van der Waals surface area contributed by atoms with Crippen LogP contribution < -0.4 is 5.32 Å². The van der Waals surface area contributed by atoms with Gasteiger partial charge in [0.25, 0.3) is 0 Å². The standard InChI is InChI=1S/C13H23N3OS/c1-3-8-14-11-7-5-4-6-10(11)13-15-12(9-18-2)16-17-13/h10-11,14H,3-9H2,1-2H3. The summed E-state index contributed by atoms with van der Waals surface area (Å²) in [5.41, 5.74) is 0. The van der Waals surface area contributed by atoms with Crippen molar-refractivity contribution >= 4 is 11.8 Å². The van der Waals surface area contributed by atoms with Gasteiger partial charge in [0.15, 0.2) is 5.82 Å². The molecule has 1 N–H and O–H groups in total. The van der Waals surface area contributed by atoms with Gasteiger partial charge in [-0.3, -0.25) is 0 Å². The van der Waals surface area contributed by atoms with Crippen LogP contribution >= 0.6 is 11.8 Å². The van der Waals surface area contributed by atoms with E-state index in [-0.39, 0.29) is 0 Å². The Kier molecular flexibility index (Phi) is 5.50. The lowest BCUT2D eigenvalue weighted by molar-refractivity contribution is 0.262. The lowest BCUT2D eigenvalue weighted by atomic mass is 9.84. The van der Waals surface area contributed by atoms with Gasteiger partial charge in [0.2, 0.25) is 5.89 Å². The van der Waals surface area contributed by atoms with Gasteiger partial charge in [0.05, 0.1) is 11.7 Å². The van der Waals surface area contributed by atoms with Crippen molar-refractivity contribution in [2.75, 3.05) is 12.8 Å². The summed E-state index contributed by atoms with van der Waals surface area (Å²) in [5.74, 6) is 2.92. The molecule has 1 aliphatic carbocycles. The van der Waals surface area contributed by atoms with E-state index in [0.29, 0.717) is 12.0 Å². The van der Waals surface area contributed by atoms with Crippen LogP contribution in [0.5, 0.6) is 0 Å². The summed E-state index contributed by atoms with van der Waals surface area (Å²) < 4.78 is 5.45. The van der Waals surface area contributed by atoms with Crippen LogP contribution in [-0.2, 0) is 5.75 Å². The largest absolute Gasteiger partial charge is 0.339 e. The molecule has 1 aliphatic rings. The number of thioether (sulfide) groups is 1. The van der Waals surface area contributed by atoms with Crippen LogP contribution in [-0.4, -0.2) is 29.0 Å². The summed E-state index contributed by atoms with van der Waals surface area (Å²) in [6, 6.07) is 0.515. The van der Waals surface area contributed by atoms with E-state index in [0.717, 1.165) is 24.0 Å². The van der Waals surface area contributed by atoms with Crippen LogP contribution in [0.2, 0.25) is 0 Å². The van der Waals surface area contributed by atoms with E-state index in [1.807, 2.05) is 0 Å². The third-order valence-corrected chi connectivity index (χ3v) is 4.04. The molecule has 5 heteroatoms. The summed E-state index contributed by atoms with van der Waals surface area (Å²) in [7, 11) is 0. The highest BCUT2D eigenvalue weighted by molar-refractivity contribution is 7.97. The normalized spacial score (nSPS) is 24.3. The Morgan fingerprint density at radius 2 is 2.22 bits per heavy atom. The Labute approximate surface area is 113 Å². The SMILES string of the molecule is CCCNC1CCCCC1c1nc(CSC)no1.